The lowest BCUT2D eigenvalue weighted by molar-refractivity contribution is 0.201. The monoisotopic (exact) mass is 715 g/mol. The molecular weight excluding hydrogens is 694 g/mol. The van der Waals surface area contributed by atoms with Crippen LogP contribution in [0.3, 0.4) is 0 Å². The Bertz CT molecular complexity index is 1780. The number of ether oxygens (including phenoxy) is 2. The molecule has 0 amide bonds. The normalized spacial score (nSPS) is 12.5. The first-order valence-corrected chi connectivity index (χ1v) is 14.8. The van der Waals surface area contributed by atoms with Gasteiger partial charge in [-0.1, -0.05) is 35.0 Å². The van der Waals surface area contributed by atoms with Crippen molar-refractivity contribution in [1.82, 2.24) is 9.66 Å². The highest BCUT2D eigenvalue weighted by Gasteiger charge is 2.20. The van der Waals surface area contributed by atoms with E-state index >= 15 is 0 Å². The Morgan fingerprint density at radius 1 is 1.08 bits per heavy atom. The fourth-order valence-electron chi connectivity index (χ4n) is 3.99. The molecule has 0 spiro atoms. The maximum atomic E-state index is 13.6. The third-order valence-electron chi connectivity index (χ3n) is 6.11. The van der Waals surface area contributed by atoms with Gasteiger partial charge >= 0.3 is 0 Å². The van der Waals surface area contributed by atoms with Crippen LogP contribution < -0.4 is 15.0 Å². The van der Waals surface area contributed by atoms with Crippen LogP contribution in [0.2, 0.25) is 0 Å². The summed E-state index contributed by atoms with van der Waals surface area (Å²) in [4.78, 5) is 18.4. The minimum absolute atomic E-state index is 0.00108. The lowest BCUT2D eigenvalue weighted by Gasteiger charge is -2.19. The summed E-state index contributed by atoms with van der Waals surface area (Å²) in [5, 5.41) is 5.93. The molecule has 200 valence electrons. The van der Waals surface area contributed by atoms with E-state index in [1.807, 2.05) is 50.2 Å². The summed E-state index contributed by atoms with van der Waals surface area (Å²) >= 11 is 10.8. The van der Waals surface area contributed by atoms with Crippen molar-refractivity contribution in [2.24, 2.45) is 5.10 Å². The highest BCUT2D eigenvalue weighted by atomic mass is 79.9. The van der Waals surface area contributed by atoms with E-state index in [2.05, 4.69) is 59.8 Å². The molecule has 0 radical (unpaired) electrons. The molecule has 39 heavy (non-hydrogen) atoms. The van der Waals surface area contributed by atoms with Gasteiger partial charge in [0.05, 0.1) is 34.3 Å². The summed E-state index contributed by atoms with van der Waals surface area (Å²) in [6.07, 6.45) is 2.43. The molecule has 0 N–H and O–H groups in total. The lowest BCUT2D eigenvalue weighted by Crippen LogP contribution is -2.20. The second kappa shape index (κ2) is 11.7. The number of nitrogens with zero attached hydrogens (tertiary/aromatic N) is 3. The molecule has 0 aliphatic carbocycles. The first-order chi connectivity index (χ1) is 18.8. The number of hydrogen-bond donors (Lipinski definition) is 0. The Hall–Kier alpha value is -2.95. The Morgan fingerprint density at radius 3 is 2.64 bits per heavy atom. The van der Waals surface area contributed by atoms with Crippen LogP contribution in [0.5, 0.6) is 11.5 Å². The van der Waals surface area contributed by atoms with Gasteiger partial charge in [-0.2, -0.15) is 9.78 Å². The fraction of sp³-hybridized carbons (Fsp3) is 0.207. The van der Waals surface area contributed by atoms with Crippen LogP contribution in [0, 0.1) is 0 Å². The van der Waals surface area contributed by atoms with Gasteiger partial charge < -0.3 is 13.9 Å². The van der Waals surface area contributed by atoms with Crippen molar-refractivity contribution in [3.8, 4) is 23.1 Å². The van der Waals surface area contributed by atoms with E-state index in [4.69, 9.17) is 18.9 Å². The number of para-hydroxylation sites is 1. The van der Waals surface area contributed by atoms with Crippen molar-refractivity contribution in [3.63, 3.8) is 0 Å². The standard InChI is InChI=1S/C29H24Br3N3O4/c1-4-16(3)38-27-23(37-5-2)14-18(25(31)26(27)32)15-33-35-28(34-21-9-7-6-8-20(21)29(35)36)24-13-17-12-19(30)10-11-22(17)39-24/h6-16H,4-5H2,1-3H3/t16-/m1/s1. The minimum Gasteiger partial charge on any atom is -0.490 e. The predicted molar refractivity (Wildman–Crippen MR) is 165 cm³/mol. The molecule has 3 aromatic carbocycles. The molecule has 0 aliphatic rings. The van der Waals surface area contributed by atoms with Gasteiger partial charge in [0, 0.05) is 19.9 Å². The van der Waals surface area contributed by atoms with Crippen LogP contribution in [0.15, 0.2) is 82.3 Å². The van der Waals surface area contributed by atoms with E-state index in [-0.39, 0.29) is 11.7 Å². The molecule has 0 aliphatic heterocycles. The molecule has 2 aromatic heterocycles. The van der Waals surface area contributed by atoms with Gasteiger partial charge in [-0.05, 0) is 94.6 Å². The maximum absolute atomic E-state index is 13.6. The summed E-state index contributed by atoms with van der Waals surface area (Å²) in [5.41, 5.74) is 1.60. The summed E-state index contributed by atoms with van der Waals surface area (Å²) in [7, 11) is 0. The summed E-state index contributed by atoms with van der Waals surface area (Å²) in [6.45, 7) is 6.43. The zero-order valence-corrected chi connectivity index (χ0v) is 26.1. The summed E-state index contributed by atoms with van der Waals surface area (Å²) < 4.78 is 21.7. The van der Waals surface area contributed by atoms with Crippen molar-refractivity contribution >= 4 is 75.9 Å². The quantitative estimate of drug-likeness (QED) is 0.150. The Morgan fingerprint density at radius 2 is 1.87 bits per heavy atom. The van der Waals surface area contributed by atoms with Crippen LogP contribution >= 0.6 is 47.8 Å². The minimum atomic E-state index is -0.314. The van der Waals surface area contributed by atoms with Gasteiger partial charge in [0.25, 0.3) is 5.56 Å². The predicted octanol–water partition coefficient (Wildman–Crippen LogP) is 8.56. The van der Waals surface area contributed by atoms with Crippen LogP contribution in [0.25, 0.3) is 33.5 Å². The molecule has 10 heteroatoms. The van der Waals surface area contributed by atoms with E-state index in [0.29, 0.717) is 60.7 Å². The zero-order chi connectivity index (χ0) is 27.7. The molecule has 0 saturated carbocycles. The third kappa shape index (κ3) is 5.55. The number of benzene rings is 3. The van der Waals surface area contributed by atoms with Crippen LogP contribution in [-0.2, 0) is 0 Å². The van der Waals surface area contributed by atoms with E-state index in [1.165, 1.54) is 4.68 Å². The molecule has 1 atom stereocenters. The van der Waals surface area contributed by atoms with Crippen LogP contribution in [0.4, 0.5) is 0 Å². The van der Waals surface area contributed by atoms with Crippen molar-refractivity contribution in [3.05, 3.63) is 83.9 Å². The maximum Gasteiger partial charge on any atom is 0.282 e. The van der Waals surface area contributed by atoms with Gasteiger partial charge in [-0.3, -0.25) is 4.79 Å². The van der Waals surface area contributed by atoms with Gasteiger partial charge in [0.2, 0.25) is 5.82 Å². The van der Waals surface area contributed by atoms with Gasteiger partial charge in [-0.15, -0.1) is 0 Å². The Labute approximate surface area is 250 Å². The molecular formula is C29H24Br3N3O4. The largest absolute Gasteiger partial charge is 0.490 e. The number of halogens is 3. The van der Waals surface area contributed by atoms with Gasteiger partial charge in [0.15, 0.2) is 17.3 Å². The Kier molecular flexibility index (Phi) is 8.25. The van der Waals surface area contributed by atoms with Crippen molar-refractivity contribution in [2.45, 2.75) is 33.3 Å². The highest BCUT2D eigenvalue weighted by molar-refractivity contribution is 9.13. The molecule has 0 bridgehead atoms. The van der Waals surface area contributed by atoms with E-state index < -0.39 is 0 Å². The summed E-state index contributed by atoms with van der Waals surface area (Å²) in [5.74, 6) is 1.89. The molecule has 0 saturated heterocycles. The summed E-state index contributed by atoms with van der Waals surface area (Å²) in [6, 6.07) is 16.6. The molecule has 7 nitrogen and oxygen atoms in total. The van der Waals surface area contributed by atoms with Crippen molar-refractivity contribution < 1.29 is 13.9 Å². The number of furan rings is 1. The number of aromatic nitrogens is 2. The second-order valence-electron chi connectivity index (χ2n) is 8.80. The highest BCUT2D eigenvalue weighted by Crippen LogP contribution is 2.43. The lowest BCUT2D eigenvalue weighted by atomic mass is 10.2. The van der Waals surface area contributed by atoms with Crippen molar-refractivity contribution in [2.75, 3.05) is 6.61 Å². The average molecular weight is 718 g/mol. The average Bonchev–Trinajstić information content (AvgIpc) is 3.35. The molecule has 0 fully saturated rings. The Balaban J connectivity index is 1.67. The van der Waals surface area contributed by atoms with E-state index in [9.17, 15) is 4.79 Å². The zero-order valence-electron chi connectivity index (χ0n) is 21.4. The van der Waals surface area contributed by atoms with Gasteiger partial charge in [-0.25, -0.2) is 4.98 Å². The number of rotatable bonds is 8. The first kappa shape index (κ1) is 27.6. The van der Waals surface area contributed by atoms with Crippen LogP contribution in [0.1, 0.15) is 32.8 Å². The molecule has 2 heterocycles. The van der Waals surface area contributed by atoms with E-state index in [0.717, 1.165) is 16.3 Å². The second-order valence-corrected chi connectivity index (χ2v) is 11.3. The molecule has 0 unspecified atom stereocenters. The SMILES string of the molecule is CCOc1cc(C=Nn2c(-c3cc4cc(Br)ccc4o3)nc3ccccc3c2=O)c(Br)c(Br)c1O[C@H](C)CC. The fourth-order valence-corrected chi connectivity index (χ4v) is 5.28. The molecule has 5 rings (SSSR count). The third-order valence-corrected chi connectivity index (χ3v) is 8.75. The van der Waals surface area contributed by atoms with E-state index in [1.54, 1.807) is 24.4 Å². The first-order valence-electron chi connectivity index (χ1n) is 12.4. The number of fused-ring (bicyclic) bond motifs is 2. The van der Waals surface area contributed by atoms with Gasteiger partial charge in [0.1, 0.15) is 5.58 Å². The van der Waals surface area contributed by atoms with Crippen molar-refractivity contribution in [1.29, 1.82) is 0 Å². The molecule has 5 aromatic rings. The smallest absolute Gasteiger partial charge is 0.282 e. The topological polar surface area (TPSA) is 78.9 Å². The van der Waals surface area contributed by atoms with Crippen LogP contribution in [-0.4, -0.2) is 28.6 Å². The number of hydrogen-bond acceptors (Lipinski definition) is 6.